The fourth-order valence-electron chi connectivity index (χ4n) is 4.23. The van der Waals surface area contributed by atoms with Gasteiger partial charge in [-0.25, -0.2) is 9.59 Å². The summed E-state index contributed by atoms with van der Waals surface area (Å²) in [7, 11) is 1.49. The van der Waals surface area contributed by atoms with E-state index in [-0.39, 0.29) is 31.3 Å². The Hall–Kier alpha value is -1.88. The standard InChI is InChI=1S/C21H26ClF3N2O5/c1-13-10-27(16(12-31-13)9-14-3-5-15(22)6-4-14)17-7-8-26(11-18(17)30-2)20(29)32-19(28)21(23,24)25/h3-6,13,16-18H,7-12H2,1-2H3/t13-,16-,17?,18?/m0/s1. The zero-order chi connectivity index (χ0) is 23.5. The summed E-state index contributed by atoms with van der Waals surface area (Å²) in [6.07, 6.45) is -5.83. The average Bonchev–Trinajstić information content (AvgIpc) is 2.75. The van der Waals surface area contributed by atoms with Crippen molar-refractivity contribution in [1.29, 1.82) is 0 Å². The van der Waals surface area contributed by atoms with Crippen LogP contribution in [0.2, 0.25) is 5.02 Å². The van der Waals surface area contributed by atoms with Gasteiger partial charge in [0.15, 0.2) is 0 Å². The van der Waals surface area contributed by atoms with Gasteiger partial charge < -0.3 is 19.1 Å². The molecule has 3 rings (SSSR count). The molecule has 0 radical (unpaired) electrons. The summed E-state index contributed by atoms with van der Waals surface area (Å²) in [4.78, 5) is 26.4. The van der Waals surface area contributed by atoms with Crippen molar-refractivity contribution in [1.82, 2.24) is 9.80 Å². The highest BCUT2D eigenvalue weighted by Crippen LogP contribution is 2.27. The third kappa shape index (κ3) is 6.12. The molecular weight excluding hydrogens is 453 g/mol. The van der Waals surface area contributed by atoms with E-state index >= 15 is 0 Å². The van der Waals surface area contributed by atoms with Crippen molar-refractivity contribution in [3.05, 3.63) is 34.9 Å². The van der Waals surface area contributed by atoms with Gasteiger partial charge in [0.25, 0.3) is 0 Å². The molecule has 0 bridgehead atoms. The highest BCUT2D eigenvalue weighted by Gasteiger charge is 2.45. The SMILES string of the molecule is COC1CN(C(=O)OC(=O)C(F)(F)F)CCC1N1C[C@H](C)OC[C@@H]1Cc1ccc(Cl)cc1. The molecule has 0 saturated carbocycles. The maximum Gasteiger partial charge on any atom is 0.491 e. The van der Waals surface area contributed by atoms with Crippen LogP contribution < -0.4 is 0 Å². The average molecular weight is 479 g/mol. The Balaban J connectivity index is 1.68. The Morgan fingerprint density at radius 2 is 1.91 bits per heavy atom. The van der Waals surface area contributed by atoms with Crippen LogP contribution in [0.3, 0.4) is 0 Å². The van der Waals surface area contributed by atoms with E-state index in [9.17, 15) is 22.8 Å². The minimum absolute atomic E-state index is 0.00127. The number of alkyl halides is 3. The Morgan fingerprint density at radius 1 is 1.22 bits per heavy atom. The van der Waals surface area contributed by atoms with Gasteiger partial charge in [0, 0.05) is 37.3 Å². The number of likely N-dealkylation sites (tertiary alicyclic amines) is 1. The first kappa shape index (κ1) is 24.8. The molecule has 2 unspecified atom stereocenters. The van der Waals surface area contributed by atoms with E-state index in [1.807, 2.05) is 31.2 Å². The number of hydrogen-bond donors (Lipinski definition) is 0. The highest BCUT2D eigenvalue weighted by atomic mass is 35.5. The number of carbonyl (C=O) groups excluding carboxylic acids is 2. The van der Waals surface area contributed by atoms with E-state index in [1.165, 1.54) is 7.11 Å². The van der Waals surface area contributed by atoms with Gasteiger partial charge in [0.2, 0.25) is 0 Å². The monoisotopic (exact) mass is 478 g/mol. The predicted molar refractivity (Wildman–Crippen MR) is 109 cm³/mol. The Kier molecular flexibility index (Phi) is 8.02. The third-order valence-electron chi connectivity index (χ3n) is 5.82. The minimum atomic E-state index is -5.23. The zero-order valence-electron chi connectivity index (χ0n) is 17.8. The van der Waals surface area contributed by atoms with E-state index in [1.54, 1.807) is 0 Å². The van der Waals surface area contributed by atoms with Gasteiger partial charge in [0.05, 0.1) is 25.4 Å². The fraction of sp³-hybridized carbons (Fsp3) is 0.619. The van der Waals surface area contributed by atoms with Crippen LogP contribution in [-0.4, -0.2) is 85.7 Å². The minimum Gasteiger partial charge on any atom is -0.378 e. The Bertz CT molecular complexity index is 808. The molecule has 1 amide bonds. The number of halogens is 4. The molecular formula is C21H26ClF3N2O5. The third-order valence-corrected chi connectivity index (χ3v) is 6.07. The van der Waals surface area contributed by atoms with Gasteiger partial charge in [-0.2, -0.15) is 13.2 Å². The zero-order valence-corrected chi connectivity index (χ0v) is 18.6. The van der Waals surface area contributed by atoms with E-state index in [2.05, 4.69) is 9.64 Å². The number of carbonyl (C=O) groups is 2. The predicted octanol–water partition coefficient (Wildman–Crippen LogP) is 3.29. The lowest BCUT2D eigenvalue weighted by Crippen LogP contribution is -2.62. The largest absolute Gasteiger partial charge is 0.491 e. The smallest absolute Gasteiger partial charge is 0.378 e. The van der Waals surface area contributed by atoms with Crippen LogP contribution >= 0.6 is 11.6 Å². The first-order chi connectivity index (χ1) is 15.1. The van der Waals surface area contributed by atoms with Crippen molar-refractivity contribution < 1.29 is 37.0 Å². The topological polar surface area (TPSA) is 68.3 Å². The van der Waals surface area contributed by atoms with Gasteiger partial charge in [-0.3, -0.25) is 4.90 Å². The van der Waals surface area contributed by atoms with Gasteiger partial charge >= 0.3 is 18.2 Å². The lowest BCUT2D eigenvalue weighted by Gasteiger charge is -2.48. The van der Waals surface area contributed by atoms with E-state index < -0.39 is 24.3 Å². The molecule has 178 valence electrons. The molecule has 2 heterocycles. The molecule has 2 aliphatic heterocycles. The summed E-state index contributed by atoms with van der Waals surface area (Å²) < 4.78 is 52.7. The van der Waals surface area contributed by atoms with Gasteiger partial charge in [-0.05, 0) is 37.5 Å². The van der Waals surface area contributed by atoms with Crippen molar-refractivity contribution in [2.45, 2.75) is 50.2 Å². The number of methoxy groups -OCH3 is 1. The van der Waals surface area contributed by atoms with Crippen LogP contribution in [-0.2, 0) is 25.4 Å². The molecule has 7 nitrogen and oxygen atoms in total. The molecule has 2 fully saturated rings. The Morgan fingerprint density at radius 3 is 2.53 bits per heavy atom. The quantitative estimate of drug-likeness (QED) is 0.488. The number of nitrogens with zero attached hydrogens (tertiary/aromatic N) is 2. The van der Waals surface area contributed by atoms with Crippen molar-refractivity contribution in [2.75, 3.05) is 33.4 Å². The van der Waals surface area contributed by atoms with Crippen LogP contribution in [0.5, 0.6) is 0 Å². The van der Waals surface area contributed by atoms with Crippen molar-refractivity contribution >= 4 is 23.7 Å². The second-order valence-electron chi connectivity index (χ2n) is 8.05. The number of hydrogen-bond acceptors (Lipinski definition) is 6. The van der Waals surface area contributed by atoms with Crippen LogP contribution in [0, 0.1) is 0 Å². The number of ether oxygens (including phenoxy) is 3. The summed E-state index contributed by atoms with van der Waals surface area (Å²) in [5.41, 5.74) is 1.10. The number of esters is 1. The molecule has 0 aliphatic carbocycles. The molecule has 11 heteroatoms. The Labute approximate surface area is 189 Å². The van der Waals surface area contributed by atoms with Crippen LogP contribution in [0.15, 0.2) is 24.3 Å². The van der Waals surface area contributed by atoms with Crippen molar-refractivity contribution in [2.24, 2.45) is 0 Å². The molecule has 4 atom stereocenters. The molecule has 1 aromatic carbocycles. The molecule has 0 N–H and O–H groups in total. The number of amides is 1. The maximum atomic E-state index is 12.4. The maximum absolute atomic E-state index is 12.4. The second-order valence-corrected chi connectivity index (χ2v) is 8.49. The van der Waals surface area contributed by atoms with Gasteiger partial charge in [-0.1, -0.05) is 23.7 Å². The summed E-state index contributed by atoms with van der Waals surface area (Å²) in [6, 6.07) is 7.56. The molecule has 0 aromatic heterocycles. The lowest BCUT2D eigenvalue weighted by atomic mass is 9.94. The van der Waals surface area contributed by atoms with Crippen LogP contribution in [0.25, 0.3) is 0 Å². The lowest BCUT2D eigenvalue weighted by molar-refractivity contribution is -0.194. The van der Waals surface area contributed by atoms with E-state index in [0.29, 0.717) is 24.6 Å². The normalized spacial score (nSPS) is 27.2. The number of piperidine rings is 1. The van der Waals surface area contributed by atoms with Crippen LogP contribution in [0.4, 0.5) is 18.0 Å². The van der Waals surface area contributed by atoms with E-state index in [0.717, 1.165) is 16.9 Å². The second kappa shape index (κ2) is 10.4. The first-order valence-corrected chi connectivity index (χ1v) is 10.7. The number of benzene rings is 1. The molecule has 1 aromatic rings. The summed E-state index contributed by atoms with van der Waals surface area (Å²) in [6.45, 7) is 3.31. The van der Waals surface area contributed by atoms with Crippen LogP contribution in [0.1, 0.15) is 18.9 Å². The molecule has 2 aliphatic rings. The van der Waals surface area contributed by atoms with Gasteiger partial charge in [0.1, 0.15) is 0 Å². The fourth-order valence-corrected chi connectivity index (χ4v) is 4.35. The summed E-state index contributed by atoms with van der Waals surface area (Å²) >= 11 is 5.98. The van der Waals surface area contributed by atoms with Gasteiger partial charge in [-0.15, -0.1) is 0 Å². The first-order valence-electron chi connectivity index (χ1n) is 10.3. The molecule has 2 saturated heterocycles. The summed E-state index contributed by atoms with van der Waals surface area (Å²) in [5, 5.41) is 0.654. The molecule has 32 heavy (non-hydrogen) atoms. The molecule has 0 spiro atoms. The number of rotatable bonds is 4. The van der Waals surface area contributed by atoms with Crippen molar-refractivity contribution in [3.8, 4) is 0 Å². The van der Waals surface area contributed by atoms with Crippen molar-refractivity contribution in [3.63, 3.8) is 0 Å². The summed E-state index contributed by atoms with van der Waals surface area (Å²) in [5.74, 6) is -2.52. The number of morpholine rings is 1. The van der Waals surface area contributed by atoms with E-state index in [4.69, 9.17) is 21.1 Å². The highest BCUT2D eigenvalue weighted by molar-refractivity contribution is 6.30.